The van der Waals surface area contributed by atoms with Crippen molar-refractivity contribution in [3.05, 3.63) is 41.2 Å². The fourth-order valence-corrected chi connectivity index (χ4v) is 1.99. The monoisotopic (exact) mass is 187 g/mol. The molecule has 1 aliphatic carbocycles. The molecule has 0 saturated heterocycles. The zero-order valence-electron chi connectivity index (χ0n) is 8.96. The maximum absolute atomic E-state index is 4.40. The highest BCUT2D eigenvalue weighted by molar-refractivity contribution is 5.23. The first-order chi connectivity index (χ1) is 6.75. The van der Waals surface area contributed by atoms with Gasteiger partial charge in [-0.15, -0.1) is 0 Å². The lowest BCUT2D eigenvalue weighted by Crippen LogP contribution is -2.01. The lowest BCUT2D eigenvalue weighted by atomic mass is 9.97. The van der Waals surface area contributed by atoms with Gasteiger partial charge in [-0.25, -0.2) is 0 Å². The van der Waals surface area contributed by atoms with Crippen molar-refractivity contribution in [3.8, 4) is 0 Å². The summed E-state index contributed by atoms with van der Waals surface area (Å²) in [5.74, 6) is 0.818. The van der Waals surface area contributed by atoms with Gasteiger partial charge in [0.1, 0.15) is 0 Å². The highest BCUT2D eigenvalue weighted by atomic mass is 14.7. The molecule has 2 rings (SSSR count). The minimum absolute atomic E-state index is 0.818. The van der Waals surface area contributed by atoms with E-state index in [4.69, 9.17) is 0 Å². The van der Waals surface area contributed by atoms with E-state index >= 15 is 0 Å². The molecule has 0 radical (unpaired) electrons. The first-order valence-electron chi connectivity index (χ1n) is 5.33. The minimum Gasteiger partial charge on any atom is -0.261 e. The maximum atomic E-state index is 4.40. The van der Waals surface area contributed by atoms with Crippen molar-refractivity contribution in [3.63, 3.8) is 0 Å². The molecule has 1 nitrogen and oxygen atoms in total. The molecule has 1 heteroatoms. The number of allylic oxidation sites excluding steroid dienone is 2. The molecule has 1 aromatic rings. The van der Waals surface area contributed by atoms with Crippen molar-refractivity contribution in [2.45, 2.75) is 33.1 Å². The Hall–Kier alpha value is -1.11. The predicted molar refractivity (Wildman–Crippen MR) is 59.3 cm³/mol. The number of hydrogen-bond donors (Lipinski definition) is 0. The number of hydrogen-bond acceptors (Lipinski definition) is 1. The molecule has 14 heavy (non-hydrogen) atoms. The maximum Gasteiger partial charge on any atom is 0.0401 e. The SMILES string of the molecule is Cc1cc(CC2CC=CC2)cnc1C. The smallest absolute Gasteiger partial charge is 0.0401 e. The van der Waals surface area contributed by atoms with Gasteiger partial charge >= 0.3 is 0 Å². The standard InChI is InChI=1S/C13H17N/c1-10-7-13(9-14-11(10)2)8-12-5-3-4-6-12/h3-4,7,9,12H,5-6,8H2,1-2H3. The van der Waals surface area contributed by atoms with Crippen molar-refractivity contribution in [1.82, 2.24) is 4.98 Å². The second-order valence-corrected chi connectivity index (χ2v) is 4.26. The van der Waals surface area contributed by atoms with Gasteiger partial charge in [0.2, 0.25) is 0 Å². The Morgan fingerprint density at radius 1 is 1.29 bits per heavy atom. The van der Waals surface area contributed by atoms with E-state index in [-0.39, 0.29) is 0 Å². The average Bonchev–Trinajstić information content (AvgIpc) is 2.64. The molecule has 0 fully saturated rings. The van der Waals surface area contributed by atoms with Gasteiger partial charge in [0.15, 0.2) is 0 Å². The number of nitrogens with zero attached hydrogens (tertiary/aromatic N) is 1. The van der Waals surface area contributed by atoms with Crippen LogP contribution in [0.5, 0.6) is 0 Å². The van der Waals surface area contributed by atoms with E-state index < -0.39 is 0 Å². The molecule has 1 heterocycles. The molecule has 0 spiro atoms. The van der Waals surface area contributed by atoms with Gasteiger partial charge in [-0.3, -0.25) is 4.98 Å². The minimum atomic E-state index is 0.818. The average molecular weight is 187 g/mol. The van der Waals surface area contributed by atoms with Crippen LogP contribution in [-0.2, 0) is 6.42 Å². The van der Waals surface area contributed by atoms with E-state index in [0.29, 0.717) is 0 Å². The van der Waals surface area contributed by atoms with Crippen molar-refractivity contribution in [1.29, 1.82) is 0 Å². The van der Waals surface area contributed by atoms with Gasteiger partial charge in [0.05, 0.1) is 0 Å². The van der Waals surface area contributed by atoms with Crippen LogP contribution in [-0.4, -0.2) is 4.98 Å². The molecule has 0 N–H and O–H groups in total. The highest BCUT2D eigenvalue weighted by Crippen LogP contribution is 2.22. The van der Waals surface area contributed by atoms with Gasteiger partial charge in [-0.2, -0.15) is 0 Å². The van der Waals surface area contributed by atoms with Gasteiger partial charge < -0.3 is 0 Å². The largest absolute Gasteiger partial charge is 0.261 e. The summed E-state index contributed by atoms with van der Waals surface area (Å²) in [6.07, 6.45) is 10.3. The Bertz CT molecular complexity index is 344. The van der Waals surface area contributed by atoms with Crippen LogP contribution in [0.25, 0.3) is 0 Å². The Labute approximate surface area is 85.9 Å². The summed E-state index contributed by atoms with van der Waals surface area (Å²) in [7, 11) is 0. The zero-order valence-corrected chi connectivity index (χ0v) is 8.96. The topological polar surface area (TPSA) is 12.9 Å². The first kappa shape index (κ1) is 9.45. The van der Waals surface area contributed by atoms with Crippen LogP contribution in [0, 0.1) is 19.8 Å². The van der Waals surface area contributed by atoms with E-state index in [1.807, 2.05) is 6.20 Å². The molecular formula is C13H17N. The van der Waals surface area contributed by atoms with Crippen molar-refractivity contribution in [2.24, 2.45) is 5.92 Å². The molecule has 1 aliphatic rings. The van der Waals surface area contributed by atoms with E-state index in [1.165, 1.54) is 30.4 Å². The molecule has 0 aliphatic heterocycles. The van der Waals surface area contributed by atoms with Gasteiger partial charge in [-0.05, 0) is 50.2 Å². The second-order valence-electron chi connectivity index (χ2n) is 4.26. The number of pyridine rings is 1. The van der Waals surface area contributed by atoms with Gasteiger partial charge in [-0.1, -0.05) is 18.2 Å². The quantitative estimate of drug-likeness (QED) is 0.648. The Morgan fingerprint density at radius 2 is 2.00 bits per heavy atom. The summed E-state index contributed by atoms with van der Waals surface area (Å²) < 4.78 is 0. The predicted octanol–water partition coefficient (Wildman–Crippen LogP) is 3.21. The zero-order chi connectivity index (χ0) is 9.97. The molecule has 0 saturated carbocycles. The van der Waals surface area contributed by atoms with Crippen LogP contribution < -0.4 is 0 Å². The number of aryl methyl sites for hydroxylation is 2. The van der Waals surface area contributed by atoms with E-state index in [2.05, 4.69) is 37.0 Å². The van der Waals surface area contributed by atoms with Crippen LogP contribution >= 0.6 is 0 Å². The molecule has 1 aromatic heterocycles. The van der Waals surface area contributed by atoms with Crippen LogP contribution in [0.1, 0.15) is 29.7 Å². The van der Waals surface area contributed by atoms with E-state index in [1.54, 1.807) is 0 Å². The van der Waals surface area contributed by atoms with E-state index in [0.717, 1.165) is 11.6 Å². The molecule has 74 valence electrons. The number of rotatable bonds is 2. The normalized spacial score (nSPS) is 16.4. The van der Waals surface area contributed by atoms with Crippen molar-refractivity contribution >= 4 is 0 Å². The third-order valence-corrected chi connectivity index (χ3v) is 3.03. The van der Waals surface area contributed by atoms with Crippen LogP contribution in [0.4, 0.5) is 0 Å². The summed E-state index contributed by atoms with van der Waals surface area (Å²) in [4.78, 5) is 4.40. The Kier molecular flexibility index (Phi) is 2.67. The molecule has 0 unspecified atom stereocenters. The highest BCUT2D eigenvalue weighted by Gasteiger charge is 2.11. The molecule has 0 bridgehead atoms. The number of aromatic nitrogens is 1. The van der Waals surface area contributed by atoms with Crippen LogP contribution in [0.3, 0.4) is 0 Å². The van der Waals surface area contributed by atoms with Crippen LogP contribution in [0.15, 0.2) is 24.4 Å². The summed E-state index contributed by atoms with van der Waals surface area (Å²) in [6.45, 7) is 4.20. The fraction of sp³-hybridized carbons (Fsp3) is 0.462. The van der Waals surface area contributed by atoms with E-state index in [9.17, 15) is 0 Å². The van der Waals surface area contributed by atoms with Crippen LogP contribution in [0.2, 0.25) is 0 Å². The Balaban J connectivity index is 2.06. The lowest BCUT2D eigenvalue weighted by Gasteiger charge is -2.09. The van der Waals surface area contributed by atoms with Gasteiger partial charge in [0.25, 0.3) is 0 Å². The third kappa shape index (κ3) is 2.03. The molecule has 0 atom stereocenters. The lowest BCUT2D eigenvalue weighted by molar-refractivity contribution is 0.566. The summed E-state index contributed by atoms with van der Waals surface area (Å²) in [5, 5.41) is 0. The molecule has 0 aromatic carbocycles. The van der Waals surface area contributed by atoms with Gasteiger partial charge in [0, 0.05) is 11.9 Å². The second kappa shape index (κ2) is 3.95. The Morgan fingerprint density at radius 3 is 2.64 bits per heavy atom. The van der Waals surface area contributed by atoms with Crippen molar-refractivity contribution < 1.29 is 0 Å². The first-order valence-corrected chi connectivity index (χ1v) is 5.33. The molecule has 0 amide bonds. The van der Waals surface area contributed by atoms with Crippen molar-refractivity contribution in [2.75, 3.05) is 0 Å². The summed E-state index contributed by atoms with van der Waals surface area (Å²) >= 11 is 0. The molecular weight excluding hydrogens is 170 g/mol. The summed E-state index contributed by atoms with van der Waals surface area (Å²) in [6, 6.07) is 2.28. The summed E-state index contributed by atoms with van der Waals surface area (Å²) in [5.41, 5.74) is 3.86. The third-order valence-electron chi connectivity index (χ3n) is 3.03. The fourth-order valence-electron chi connectivity index (χ4n) is 1.99.